The molecule has 0 saturated heterocycles. The van der Waals surface area contributed by atoms with E-state index in [0.717, 1.165) is 10.4 Å². The fourth-order valence-electron chi connectivity index (χ4n) is 1.73. The predicted octanol–water partition coefficient (Wildman–Crippen LogP) is 4.00. The molecule has 1 N–H and O–H groups in total. The van der Waals surface area contributed by atoms with Crippen LogP contribution in [0.1, 0.15) is 23.4 Å². The van der Waals surface area contributed by atoms with Crippen molar-refractivity contribution >= 4 is 29.0 Å². The van der Waals surface area contributed by atoms with Crippen LogP contribution in [0, 0.1) is 5.82 Å². The average Bonchev–Trinajstić information content (AvgIpc) is 2.95. The Morgan fingerprint density at radius 1 is 1.35 bits per heavy atom. The van der Waals surface area contributed by atoms with E-state index in [9.17, 15) is 9.18 Å². The lowest BCUT2D eigenvalue weighted by Crippen LogP contribution is -2.27. The van der Waals surface area contributed by atoms with Crippen LogP contribution in [0.5, 0.6) is 0 Å². The van der Waals surface area contributed by atoms with Gasteiger partial charge < -0.3 is 5.32 Å². The lowest BCUT2D eigenvalue weighted by Gasteiger charge is -2.11. The molecular formula is C15H16FNOS2. The monoisotopic (exact) mass is 309 g/mol. The third-order valence-electron chi connectivity index (χ3n) is 2.76. The predicted molar refractivity (Wildman–Crippen MR) is 83.4 cm³/mol. The van der Waals surface area contributed by atoms with Crippen LogP contribution < -0.4 is 5.32 Å². The fourth-order valence-corrected chi connectivity index (χ4v) is 3.27. The summed E-state index contributed by atoms with van der Waals surface area (Å²) in [6.45, 7) is 1.98. The number of hydrogen-bond acceptors (Lipinski definition) is 3. The molecule has 0 aliphatic carbocycles. The molecule has 1 aromatic heterocycles. The summed E-state index contributed by atoms with van der Waals surface area (Å²) in [7, 11) is 0. The molecule has 0 radical (unpaired) electrons. The first-order chi connectivity index (χ1) is 9.65. The normalized spacial score (nSPS) is 12.1. The maximum absolute atomic E-state index is 12.7. The summed E-state index contributed by atoms with van der Waals surface area (Å²) in [5.41, 5.74) is 1.02. The Morgan fingerprint density at radius 3 is 2.75 bits per heavy atom. The molecular weight excluding hydrogens is 293 g/mol. The summed E-state index contributed by atoms with van der Waals surface area (Å²) < 4.78 is 12.7. The molecule has 2 aromatic rings. The number of rotatable bonds is 6. The smallest absolute Gasteiger partial charge is 0.230 e. The fraction of sp³-hybridized carbons (Fsp3) is 0.267. The molecule has 20 heavy (non-hydrogen) atoms. The lowest BCUT2D eigenvalue weighted by molar-refractivity contribution is -0.119. The number of thiophene rings is 1. The van der Waals surface area contributed by atoms with Crippen molar-refractivity contribution in [1.82, 2.24) is 5.32 Å². The maximum atomic E-state index is 12.7. The summed E-state index contributed by atoms with van der Waals surface area (Å²) in [5, 5.41) is 4.97. The first kappa shape index (κ1) is 15.1. The van der Waals surface area contributed by atoms with E-state index < -0.39 is 0 Å². The summed E-state index contributed by atoms with van der Waals surface area (Å²) in [6.07, 6.45) is 0. The molecule has 1 amide bonds. The van der Waals surface area contributed by atoms with Crippen molar-refractivity contribution in [1.29, 1.82) is 0 Å². The largest absolute Gasteiger partial charge is 0.348 e. The number of halogens is 1. The molecule has 1 unspecified atom stereocenters. The van der Waals surface area contributed by atoms with Gasteiger partial charge >= 0.3 is 0 Å². The van der Waals surface area contributed by atoms with Crippen LogP contribution in [-0.2, 0) is 10.5 Å². The quantitative estimate of drug-likeness (QED) is 0.874. The summed E-state index contributed by atoms with van der Waals surface area (Å²) in [4.78, 5) is 13.0. The highest BCUT2D eigenvalue weighted by atomic mass is 32.2. The number of benzene rings is 1. The molecule has 0 aliphatic heterocycles. The Hall–Kier alpha value is -1.33. The van der Waals surface area contributed by atoms with Crippen molar-refractivity contribution in [2.45, 2.75) is 18.7 Å². The number of carbonyl (C=O) groups is 1. The maximum Gasteiger partial charge on any atom is 0.230 e. The van der Waals surface area contributed by atoms with Crippen LogP contribution in [0.15, 0.2) is 41.8 Å². The van der Waals surface area contributed by atoms with E-state index in [0.29, 0.717) is 11.5 Å². The van der Waals surface area contributed by atoms with E-state index in [-0.39, 0.29) is 17.8 Å². The Kier molecular flexibility index (Phi) is 5.61. The second kappa shape index (κ2) is 7.45. The van der Waals surface area contributed by atoms with Crippen molar-refractivity contribution in [3.63, 3.8) is 0 Å². The molecule has 1 atom stereocenters. The molecule has 2 nitrogen and oxygen atoms in total. The number of carbonyl (C=O) groups excluding carboxylic acids is 1. The van der Waals surface area contributed by atoms with Gasteiger partial charge in [0, 0.05) is 10.6 Å². The van der Waals surface area contributed by atoms with Gasteiger partial charge in [0.2, 0.25) is 5.91 Å². The first-order valence-corrected chi connectivity index (χ1v) is 8.33. The number of amides is 1. The third-order valence-corrected chi connectivity index (χ3v) is 4.82. The topological polar surface area (TPSA) is 29.1 Å². The van der Waals surface area contributed by atoms with Crippen LogP contribution in [0.4, 0.5) is 4.39 Å². The van der Waals surface area contributed by atoms with Gasteiger partial charge in [0.25, 0.3) is 0 Å². The Bertz CT molecular complexity index is 540. The number of thioether (sulfide) groups is 1. The van der Waals surface area contributed by atoms with Crippen LogP contribution in [0.3, 0.4) is 0 Å². The first-order valence-electron chi connectivity index (χ1n) is 6.30. The van der Waals surface area contributed by atoms with Gasteiger partial charge in [-0.2, -0.15) is 0 Å². The molecule has 0 spiro atoms. The zero-order chi connectivity index (χ0) is 14.4. The molecule has 5 heteroatoms. The van der Waals surface area contributed by atoms with Crippen molar-refractivity contribution in [2.75, 3.05) is 5.75 Å². The van der Waals surface area contributed by atoms with Gasteiger partial charge in [0.1, 0.15) is 5.82 Å². The molecule has 106 valence electrons. The van der Waals surface area contributed by atoms with Gasteiger partial charge in [-0.25, -0.2) is 4.39 Å². The van der Waals surface area contributed by atoms with E-state index in [1.165, 1.54) is 23.9 Å². The average molecular weight is 309 g/mol. The zero-order valence-corrected chi connectivity index (χ0v) is 12.8. The van der Waals surface area contributed by atoms with Crippen LogP contribution in [0.25, 0.3) is 0 Å². The van der Waals surface area contributed by atoms with Gasteiger partial charge in [0.05, 0.1) is 11.8 Å². The summed E-state index contributed by atoms with van der Waals surface area (Å²) in [6, 6.07) is 10.4. The van der Waals surface area contributed by atoms with Crippen molar-refractivity contribution in [3.05, 3.63) is 58.0 Å². The third kappa shape index (κ3) is 4.65. The minimum absolute atomic E-state index is 0.0259. The van der Waals surface area contributed by atoms with Crippen molar-refractivity contribution in [2.24, 2.45) is 0 Å². The summed E-state index contributed by atoms with van der Waals surface area (Å²) >= 11 is 3.17. The van der Waals surface area contributed by atoms with E-state index >= 15 is 0 Å². The highest BCUT2D eigenvalue weighted by molar-refractivity contribution is 7.99. The molecule has 2 rings (SSSR count). The Balaban J connectivity index is 1.71. The SMILES string of the molecule is CC(NC(=O)CSCc1ccc(F)cc1)c1cccs1. The van der Waals surface area contributed by atoms with Crippen LogP contribution in [-0.4, -0.2) is 11.7 Å². The molecule has 0 fully saturated rings. The van der Waals surface area contributed by atoms with Gasteiger partial charge in [-0.05, 0) is 36.1 Å². The van der Waals surface area contributed by atoms with E-state index in [1.807, 2.05) is 24.4 Å². The number of hydrogen-bond donors (Lipinski definition) is 1. The molecule has 1 aromatic carbocycles. The Labute approximate surface area is 126 Å². The molecule has 1 heterocycles. The minimum Gasteiger partial charge on any atom is -0.348 e. The van der Waals surface area contributed by atoms with E-state index in [2.05, 4.69) is 5.32 Å². The van der Waals surface area contributed by atoms with Crippen molar-refractivity contribution in [3.8, 4) is 0 Å². The van der Waals surface area contributed by atoms with Gasteiger partial charge in [-0.3, -0.25) is 4.79 Å². The Morgan fingerprint density at radius 2 is 2.10 bits per heavy atom. The number of nitrogens with one attached hydrogen (secondary N) is 1. The van der Waals surface area contributed by atoms with Gasteiger partial charge in [-0.15, -0.1) is 23.1 Å². The highest BCUT2D eigenvalue weighted by Crippen LogP contribution is 2.18. The van der Waals surface area contributed by atoms with Crippen molar-refractivity contribution < 1.29 is 9.18 Å². The van der Waals surface area contributed by atoms with E-state index in [1.54, 1.807) is 23.5 Å². The highest BCUT2D eigenvalue weighted by Gasteiger charge is 2.10. The molecule has 0 saturated carbocycles. The second-order valence-electron chi connectivity index (χ2n) is 4.42. The van der Waals surface area contributed by atoms with Gasteiger partial charge in [0.15, 0.2) is 0 Å². The van der Waals surface area contributed by atoms with E-state index in [4.69, 9.17) is 0 Å². The minimum atomic E-state index is -0.235. The second-order valence-corrected chi connectivity index (χ2v) is 6.39. The van der Waals surface area contributed by atoms with Gasteiger partial charge in [-0.1, -0.05) is 18.2 Å². The molecule has 0 aliphatic rings. The molecule has 0 bridgehead atoms. The lowest BCUT2D eigenvalue weighted by atomic mass is 10.2. The summed E-state index contributed by atoms with van der Waals surface area (Å²) in [5.74, 6) is 0.910. The van der Waals surface area contributed by atoms with Crippen LogP contribution >= 0.6 is 23.1 Å². The standard InChI is InChI=1S/C15H16FNOS2/c1-11(14-3-2-8-20-14)17-15(18)10-19-9-12-4-6-13(16)7-5-12/h2-8,11H,9-10H2,1H3,(H,17,18). The zero-order valence-electron chi connectivity index (χ0n) is 11.1. The van der Waals surface area contributed by atoms with Crippen LogP contribution in [0.2, 0.25) is 0 Å².